The molecule has 1 aromatic heterocycles. The zero-order valence-corrected chi connectivity index (χ0v) is 17.7. The van der Waals surface area contributed by atoms with Crippen molar-refractivity contribution in [3.63, 3.8) is 0 Å². The van der Waals surface area contributed by atoms with Crippen LogP contribution in [0.15, 0.2) is 41.6 Å². The van der Waals surface area contributed by atoms with E-state index in [9.17, 15) is 0 Å². The summed E-state index contributed by atoms with van der Waals surface area (Å²) >= 11 is 0. The topological polar surface area (TPSA) is 62.2 Å². The normalized spacial score (nSPS) is 11.4. The van der Waals surface area contributed by atoms with Crippen LogP contribution in [0, 0.1) is 6.92 Å². The number of methoxy groups -OCH3 is 3. The van der Waals surface area contributed by atoms with Crippen LogP contribution >= 0.6 is 0 Å². The molecule has 6 heteroatoms. The Morgan fingerprint density at radius 2 is 1.66 bits per heavy atom. The lowest BCUT2D eigenvalue weighted by Gasteiger charge is -2.17. The molecule has 0 unspecified atom stereocenters. The summed E-state index contributed by atoms with van der Waals surface area (Å²) in [7, 11) is 6.44. The number of ether oxygens (including phenoxy) is 3. The molecular formula is C23H26N2O4. The fourth-order valence-corrected chi connectivity index (χ4v) is 3.50. The highest BCUT2D eigenvalue weighted by molar-refractivity contribution is 6.12. The van der Waals surface area contributed by atoms with Crippen LogP contribution in [0.5, 0.6) is 17.2 Å². The van der Waals surface area contributed by atoms with Crippen molar-refractivity contribution < 1.29 is 19.0 Å². The van der Waals surface area contributed by atoms with Crippen LogP contribution in [0.4, 0.5) is 0 Å². The van der Waals surface area contributed by atoms with Gasteiger partial charge in [-0.3, -0.25) is 4.98 Å². The minimum atomic E-state index is 0.653. The van der Waals surface area contributed by atoms with E-state index in [2.05, 4.69) is 12.1 Å². The standard InChI is InChI=1S/C23H26N2O4/c1-7-19(25-29-6)18-11-14(2)24-23-16(18)9-8-10-17(23)22-20(27-4)12-15(26-3)13-21(22)28-5/h8-13H,7H2,1-6H3/b25-19-. The van der Waals surface area contributed by atoms with Gasteiger partial charge in [-0.25, -0.2) is 0 Å². The number of para-hydroxylation sites is 1. The molecule has 0 atom stereocenters. The van der Waals surface area contributed by atoms with E-state index in [0.29, 0.717) is 17.2 Å². The molecule has 0 aliphatic heterocycles. The predicted molar refractivity (Wildman–Crippen MR) is 115 cm³/mol. The second kappa shape index (κ2) is 8.82. The van der Waals surface area contributed by atoms with Crippen LogP contribution in [0.3, 0.4) is 0 Å². The van der Waals surface area contributed by atoms with Crippen LogP contribution in [0.2, 0.25) is 0 Å². The molecule has 0 aliphatic rings. The van der Waals surface area contributed by atoms with Crippen LogP contribution < -0.4 is 14.2 Å². The van der Waals surface area contributed by atoms with Crippen LogP contribution in [0.1, 0.15) is 24.6 Å². The van der Waals surface area contributed by atoms with E-state index in [0.717, 1.165) is 45.4 Å². The molecule has 0 amide bonds. The van der Waals surface area contributed by atoms with E-state index < -0.39 is 0 Å². The minimum absolute atomic E-state index is 0.653. The van der Waals surface area contributed by atoms with Crippen LogP contribution in [-0.4, -0.2) is 39.1 Å². The number of fused-ring (bicyclic) bond motifs is 1. The quantitative estimate of drug-likeness (QED) is 0.417. The Balaban J connectivity index is 2.39. The average Bonchev–Trinajstić information content (AvgIpc) is 2.75. The van der Waals surface area contributed by atoms with E-state index >= 15 is 0 Å². The van der Waals surface area contributed by atoms with Gasteiger partial charge in [-0.05, 0) is 19.4 Å². The van der Waals surface area contributed by atoms with Gasteiger partial charge in [0.15, 0.2) is 0 Å². The molecule has 152 valence electrons. The summed E-state index contributed by atoms with van der Waals surface area (Å²) in [6.07, 6.45) is 0.742. The van der Waals surface area contributed by atoms with E-state index in [1.165, 1.54) is 0 Å². The maximum atomic E-state index is 5.67. The van der Waals surface area contributed by atoms with Gasteiger partial charge < -0.3 is 19.0 Å². The van der Waals surface area contributed by atoms with Crippen molar-refractivity contribution in [1.29, 1.82) is 0 Å². The third kappa shape index (κ3) is 3.83. The molecule has 0 spiro atoms. The first kappa shape index (κ1) is 20.5. The number of nitrogens with zero attached hydrogens (tertiary/aromatic N) is 2. The highest BCUT2D eigenvalue weighted by Gasteiger charge is 2.20. The fraction of sp³-hybridized carbons (Fsp3) is 0.304. The Bertz CT molecular complexity index is 1040. The van der Waals surface area contributed by atoms with Gasteiger partial charge in [0, 0.05) is 34.3 Å². The number of hydrogen-bond acceptors (Lipinski definition) is 6. The molecule has 0 saturated heterocycles. The highest BCUT2D eigenvalue weighted by Crippen LogP contribution is 2.44. The first-order valence-electron chi connectivity index (χ1n) is 9.39. The van der Waals surface area contributed by atoms with Gasteiger partial charge in [-0.1, -0.05) is 30.3 Å². The summed E-state index contributed by atoms with van der Waals surface area (Å²) in [6, 6.07) is 11.8. The smallest absolute Gasteiger partial charge is 0.134 e. The van der Waals surface area contributed by atoms with Gasteiger partial charge in [0.05, 0.1) is 38.1 Å². The van der Waals surface area contributed by atoms with Gasteiger partial charge in [-0.15, -0.1) is 0 Å². The Morgan fingerprint density at radius 3 is 2.21 bits per heavy atom. The van der Waals surface area contributed by atoms with E-state index in [1.807, 2.05) is 43.3 Å². The third-order valence-electron chi connectivity index (χ3n) is 4.80. The largest absolute Gasteiger partial charge is 0.496 e. The van der Waals surface area contributed by atoms with Gasteiger partial charge in [0.1, 0.15) is 24.4 Å². The van der Waals surface area contributed by atoms with Crippen molar-refractivity contribution in [2.24, 2.45) is 5.16 Å². The Labute approximate surface area is 171 Å². The van der Waals surface area contributed by atoms with Gasteiger partial charge in [0.2, 0.25) is 0 Å². The van der Waals surface area contributed by atoms with Gasteiger partial charge in [0.25, 0.3) is 0 Å². The Kier molecular flexibility index (Phi) is 6.22. The maximum Gasteiger partial charge on any atom is 0.134 e. The summed E-state index contributed by atoms with van der Waals surface area (Å²) in [4.78, 5) is 9.91. The number of hydrogen-bond donors (Lipinski definition) is 0. The monoisotopic (exact) mass is 394 g/mol. The van der Waals surface area contributed by atoms with Gasteiger partial charge >= 0.3 is 0 Å². The molecule has 1 heterocycles. The molecule has 0 aliphatic carbocycles. The number of benzene rings is 2. The van der Waals surface area contributed by atoms with Crippen LogP contribution in [-0.2, 0) is 4.84 Å². The molecule has 0 fully saturated rings. The molecule has 3 aromatic rings. The number of oxime groups is 1. The lowest BCUT2D eigenvalue weighted by atomic mass is 9.95. The van der Waals surface area contributed by atoms with Crippen molar-refractivity contribution in [3.8, 4) is 28.4 Å². The SMILES string of the molecule is CC/C(=N/OC)c1cc(C)nc2c(-c3c(OC)cc(OC)cc3OC)cccc12. The number of aryl methyl sites for hydroxylation is 1. The van der Waals surface area contributed by atoms with Crippen molar-refractivity contribution in [1.82, 2.24) is 4.98 Å². The van der Waals surface area contributed by atoms with Gasteiger partial charge in [-0.2, -0.15) is 0 Å². The third-order valence-corrected chi connectivity index (χ3v) is 4.80. The molecule has 0 N–H and O–H groups in total. The zero-order chi connectivity index (χ0) is 21.0. The lowest BCUT2D eigenvalue weighted by molar-refractivity contribution is 0.213. The highest BCUT2D eigenvalue weighted by atomic mass is 16.6. The van der Waals surface area contributed by atoms with Crippen molar-refractivity contribution >= 4 is 16.6 Å². The predicted octanol–water partition coefficient (Wildman–Crippen LogP) is 5.00. The molecule has 0 radical (unpaired) electrons. The second-order valence-corrected chi connectivity index (χ2v) is 6.49. The molecular weight excluding hydrogens is 368 g/mol. The Hall–Kier alpha value is -3.28. The summed E-state index contributed by atoms with van der Waals surface area (Å²) in [5.41, 5.74) is 5.35. The summed E-state index contributed by atoms with van der Waals surface area (Å²) < 4.78 is 16.7. The average molecular weight is 394 g/mol. The lowest BCUT2D eigenvalue weighted by Crippen LogP contribution is -2.04. The number of rotatable bonds is 7. The van der Waals surface area contributed by atoms with Crippen molar-refractivity contribution in [3.05, 3.63) is 47.7 Å². The fourth-order valence-electron chi connectivity index (χ4n) is 3.50. The summed E-state index contributed by atoms with van der Waals surface area (Å²) in [5, 5.41) is 5.21. The van der Waals surface area contributed by atoms with Crippen LogP contribution in [0.25, 0.3) is 22.0 Å². The molecule has 3 rings (SSSR count). The second-order valence-electron chi connectivity index (χ2n) is 6.49. The maximum absolute atomic E-state index is 5.67. The summed E-state index contributed by atoms with van der Waals surface area (Å²) in [5.74, 6) is 1.97. The number of aromatic nitrogens is 1. The molecule has 29 heavy (non-hydrogen) atoms. The molecule has 6 nitrogen and oxygen atoms in total. The molecule has 0 bridgehead atoms. The zero-order valence-electron chi connectivity index (χ0n) is 17.7. The Morgan fingerprint density at radius 1 is 0.966 bits per heavy atom. The van der Waals surface area contributed by atoms with Crippen molar-refractivity contribution in [2.45, 2.75) is 20.3 Å². The summed E-state index contributed by atoms with van der Waals surface area (Å²) in [6.45, 7) is 4.03. The molecule has 2 aromatic carbocycles. The minimum Gasteiger partial charge on any atom is -0.496 e. The van der Waals surface area contributed by atoms with Crippen molar-refractivity contribution in [2.75, 3.05) is 28.4 Å². The van der Waals surface area contributed by atoms with E-state index in [1.54, 1.807) is 28.4 Å². The van der Waals surface area contributed by atoms with E-state index in [-0.39, 0.29) is 0 Å². The number of pyridine rings is 1. The first-order chi connectivity index (χ1) is 14.1. The molecule has 0 saturated carbocycles. The van der Waals surface area contributed by atoms with E-state index in [4.69, 9.17) is 24.0 Å². The first-order valence-corrected chi connectivity index (χ1v) is 9.39.